The number of amides is 2. The lowest BCUT2D eigenvalue weighted by molar-refractivity contribution is -0.124. The maximum atomic E-state index is 12.4. The number of nitrogens with one attached hydrogen (secondary N) is 1. The molecule has 124 valence electrons. The summed E-state index contributed by atoms with van der Waals surface area (Å²) in [5.74, 6) is 0.914. The third-order valence-electron chi connectivity index (χ3n) is 3.75. The molecule has 0 aliphatic carbocycles. The minimum atomic E-state index is -0.195. The summed E-state index contributed by atoms with van der Waals surface area (Å²) in [6.45, 7) is 2.37. The number of rotatable bonds is 5. The maximum Gasteiger partial charge on any atom is 0.270 e. The molecule has 2 amide bonds. The van der Waals surface area contributed by atoms with Gasteiger partial charge in [0.15, 0.2) is 11.5 Å². The van der Waals surface area contributed by atoms with Gasteiger partial charge >= 0.3 is 0 Å². The number of hydrazone groups is 1. The number of hydrogen-bond acceptors (Lipinski definition) is 5. The van der Waals surface area contributed by atoms with Crippen LogP contribution in [-0.4, -0.2) is 43.7 Å². The van der Waals surface area contributed by atoms with Gasteiger partial charge in [0.05, 0.1) is 14.2 Å². The molecule has 1 aliphatic heterocycles. The first-order valence-electron chi connectivity index (χ1n) is 7.28. The molecule has 0 bridgehead atoms. The third-order valence-corrected chi connectivity index (χ3v) is 3.75. The Morgan fingerprint density at radius 3 is 2.48 bits per heavy atom. The predicted molar refractivity (Wildman–Crippen MR) is 85.6 cm³/mol. The van der Waals surface area contributed by atoms with Gasteiger partial charge < -0.3 is 14.4 Å². The van der Waals surface area contributed by atoms with Gasteiger partial charge in [-0.3, -0.25) is 9.59 Å². The van der Waals surface area contributed by atoms with E-state index in [1.807, 2.05) is 19.1 Å². The Balaban J connectivity index is 2.15. The van der Waals surface area contributed by atoms with Crippen molar-refractivity contribution >= 4 is 17.5 Å². The second-order valence-electron chi connectivity index (χ2n) is 5.39. The Labute approximate surface area is 135 Å². The minimum Gasteiger partial charge on any atom is -0.493 e. The zero-order chi connectivity index (χ0) is 17.0. The summed E-state index contributed by atoms with van der Waals surface area (Å²) in [5.41, 5.74) is 4.67. The molecule has 1 N–H and O–H groups in total. The Morgan fingerprint density at radius 2 is 1.91 bits per heavy atom. The highest BCUT2D eigenvalue weighted by Crippen LogP contribution is 2.30. The van der Waals surface area contributed by atoms with E-state index in [1.165, 1.54) is 0 Å². The largest absolute Gasteiger partial charge is 0.493 e. The van der Waals surface area contributed by atoms with Crippen LogP contribution in [0.1, 0.15) is 24.0 Å². The highest BCUT2D eigenvalue weighted by Gasteiger charge is 2.22. The lowest BCUT2D eigenvalue weighted by Crippen LogP contribution is -2.37. The SMILES string of the molecule is COc1cc(C)c(CN(C)C(=O)C2=NNC(=O)CC2)cc1OC. The summed E-state index contributed by atoms with van der Waals surface area (Å²) < 4.78 is 10.6. The molecule has 0 fully saturated rings. The van der Waals surface area contributed by atoms with Crippen LogP contribution in [0.3, 0.4) is 0 Å². The van der Waals surface area contributed by atoms with Crippen LogP contribution >= 0.6 is 0 Å². The Morgan fingerprint density at radius 1 is 1.26 bits per heavy atom. The van der Waals surface area contributed by atoms with Crippen LogP contribution in [0.15, 0.2) is 17.2 Å². The average Bonchev–Trinajstić information content (AvgIpc) is 2.56. The van der Waals surface area contributed by atoms with Gasteiger partial charge in [-0.2, -0.15) is 5.10 Å². The van der Waals surface area contributed by atoms with E-state index in [2.05, 4.69) is 10.5 Å². The Hall–Kier alpha value is -2.57. The van der Waals surface area contributed by atoms with Crippen LogP contribution < -0.4 is 14.9 Å². The number of methoxy groups -OCH3 is 2. The second kappa shape index (κ2) is 7.13. The average molecular weight is 319 g/mol. The van der Waals surface area contributed by atoms with Gasteiger partial charge in [0.2, 0.25) is 5.91 Å². The van der Waals surface area contributed by atoms with Crippen molar-refractivity contribution in [3.63, 3.8) is 0 Å². The van der Waals surface area contributed by atoms with E-state index in [-0.39, 0.29) is 18.2 Å². The molecule has 1 aromatic rings. The fourth-order valence-electron chi connectivity index (χ4n) is 2.37. The minimum absolute atomic E-state index is 0.167. The fourth-order valence-corrected chi connectivity index (χ4v) is 2.37. The first-order valence-corrected chi connectivity index (χ1v) is 7.28. The summed E-state index contributed by atoms with van der Waals surface area (Å²) in [7, 11) is 4.87. The molecule has 0 spiro atoms. The number of hydrogen-bond donors (Lipinski definition) is 1. The quantitative estimate of drug-likeness (QED) is 0.885. The molecule has 2 rings (SSSR count). The van der Waals surface area contributed by atoms with Crippen molar-refractivity contribution in [3.05, 3.63) is 23.3 Å². The number of carbonyl (C=O) groups excluding carboxylic acids is 2. The fraction of sp³-hybridized carbons (Fsp3) is 0.438. The number of carbonyl (C=O) groups is 2. The molecule has 0 saturated heterocycles. The summed E-state index contributed by atoms with van der Waals surface area (Å²) in [6, 6.07) is 3.74. The normalized spacial score (nSPS) is 13.9. The number of ether oxygens (including phenoxy) is 2. The summed E-state index contributed by atoms with van der Waals surface area (Å²) in [5, 5.41) is 3.84. The predicted octanol–water partition coefficient (Wildman–Crippen LogP) is 1.24. The van der Waals surface area contributed by atoms with E-state index < -0.39 is 0 Å². The monoisotopic (exact) mass is 319 g/mol. The highest BCUT2D eigenvalue weighted by atomic mass is 16.5. The van der Waals surface area contributed by atoms with E-state index in [0.29, 0.717) is 30.2 Å². The highest BCUT2D eigenvalue weighted by molar-refractivity contribution is 6.39. The number of benzene rings is 1. The van der Waals surface area contributed by atoms with Crippen LogP contribution in [0.25, 0.3) is 0 Å². The van der Waals surface area contributed by atoms with Gasteiger partial charge in [0.1, 0.15) is 5.71 Å². The van der Waals surface area contributed by atoms with Crippen LogP contribution in [0, 0.1) is 6.92 Å². The maximum absolute atomic E-state index is 12.4. The standard InChI is InChI=1S/C16H21N3O4/c1-10-7-13(22-3)14(23-4)8-11(10)9-19(2)16(21)12-5-6-15(20)18-17-12/h7-8H,5-6,9H2,1-4H3,(H,18,20). The van der Waals surface area contributed by atoms with E-state index in [0.717, 1.165) is 11.1 Å². The molecule has 7 nitrogen and oxygen atoms in total. The smallest absolute Gasteiger partial charge is 0.270 e. The van der Waals surface area contributed by atoms with Crippen LogP contribution in [-0.2, 0) is 16.1 Å². The summed E-state index contributed by atoms with van der Waals surface area (Å²) >= 11 is 0. The first-order chi connectivity index (χ1) is 11.0. The molecule has 23 heavy (non-hydrogen) atoms. The van der Waals surface area contributed by atoms with Crippen molar-refractivity contribution in [2.75, 3.05) is 21.3 Å². The first kappa shape index (κ1) is 16.8. The van der Waals surface area contributed by atoms with Crippen LogP contribution in [0.5, 0.6) is 11.5 Å². The Kier molecular flexibility index (Phi) is 5.20. The molecule has 0 aromatic heterocycles. The van der Waals surface area contributed by atoms with Gasteiger partial charge in [-0.1, -0.05) is 0 Å². The van der Waals surface area contributed by atoms with Crippen molar-refractivity contribution in [3.8, 4) is 11.5 Å². The lowest BCUT2D eigenvalue weighted by Gasteiger charge is -2.21. The van der Waals surface area contributed by atoms with Gasteiger partial charge in [-0.05, 0) is 30.2 Å². The van der Waals surface area contributed by atoms with Crippen molar-refractivity contribution in [2.45, 2.75) is 26.3 Å². The van der Waals surface area contributed by atoms with Gasteiger partial charge in [0.25, 0.3) is 5.91 Å². The van der Waals surface area contributed by atoms with Gasteiger partial charge in [-0.15, -0.1) is 0 Å². The van der Waals surface area contributed by atoms with Crippen LogP contribution in [0.4, 0.5) is 0 Å². The third kappa shape index (κ3) is 3.80. The second-order valence-corrected chi connectivity index (χ2v) is 5.39. The molecule has 1 aromatic carbocycles. The molecular weight excluding hydrogens is 298 g/mol. The number of nitrogens with zero attached hydrogens (tertiary/aromatic N) is 2. The summed E-state index contributed by atoms with van der Waals surface area (Å²) in [4.78, 5) is 25.1. The van der Waals surface area contributed by atoms with Gasteiger partial charge in [-0.25, -0.2) is 5.43 Å². The van der Waals surface area contributed by atoms with E-state index in [4.69, 9.17) is 9.47 Å². The molecule has 0 unspecified atom stereocenters. The molecule has 1 aliphatic rings. The lowest BCUT2D eigenvalue weighted by atomic mass is 10.1. The topological polar surface area (TPSA) is 80.2 Å². The molecule has 7 heteroatoms. The van der Waals surface area contributed by atoms with Crippen molar-refractivity contribution in [1.82, 2.24) is 10.3 Å². The van der Waals surface area contributed by atoms with Crippen molar-refractivity contribution in [1.29, 1.82) is 0 Å². The van der Waals surface area contributed by atoms with Crippen molar-refractivity contribution in [2.24, 2.45) is 5.10 Å². The zero-order valence-corrected chi connectivity index (χ0v) is 13.8. The molecule has 0 radical (unpaired) electrons. The molecule has 0 atom stereocenters. The molecule has 1 heterocycles. The van der Waals surface area contributed by atoms with Crippen molar-refractivity contribution < 1.29 is 19.1 Å². The van der Waals surface area contributed by atoms with E-state index in [1.54, 1.807) is 26.2 Å². The molecule has 0 saturated carbocycles. The Bertz CT molecular complexity index is 655. The number of aryl methyl sites for hydroxylation is 1. The van der Waals surface area contributed by atoms with E-state index in [9.17, 15) is 9.59 Å². The molecular formula is C16H21N3O4. The van der Waals surface area contributed by atoms with E-state index >= 15 is 0 Å². The van der Waals surface area contributed by atoms with Gasteiger partial charge in [0, 0.05) is 26.4 Å². The zero-order valence-electron chi connectivity index (χ0n) is 13.8. The summed E-state index contributed by atoms with van der Waals surface area (Å²) in [6.07, 6.45) is 0.647. The van der Waals surface area contributed by atoms with Crippen LogP contribution in [0.2, 0.25) is 0 Å².